The Morgan fingerprint density at radius 2 is 0.645 bits per heavy atom. The van der Waals surface area contributed by atoms with E-state index in [4.69, 9.17) is 8.83 Å². The Morgan fingerprint density at radius 1 is 0.323 bits per heavy atom. The molecule has 0 aliphatic rings. The summed E-state index contributed by atoms with van der Waals surface area (Å²) >= 11 is 0. The number of furan rings is 2. The van der Waals surface area contributed by atoms with Gasteiger partial charge in [-0.1, -0.05) is 146 Å². The maximum Gasteiger partial charge on any atom is 0.143 e. The van der Waals surface area contributed by atoms with E-state index in [1.54, 1.807) is 0 Å². The van der Waals surface area contributed by atoms with Gasteiger partial charge in [0, 0.05) is 65.3 Å². The predicted molar refractivity (Wildman–Crippen MR) is 250 cm³/mol. The van der Waals surface area contributed by atoms with Crippen molar-refractivity contribution in [2.75, 3.05) is 0 Å². The smallest absolute Gasteiger partial charge is 0.143 e. The number of benzene rings is 9. The number of fused-ring (bicyclic) bond motifs is 12. The molecule has 0 atom stereocenters. The standard InChI is InChI=1S/C56H30N4O2/c57-31-43-51(41-23-13-21-39-37-19-5-11-29-49(37)61-55(39)41)54(60-47-27-9-3-17-35(47)36-18-4-10-28-48(36)60)52(42-24-14-22-40-38-20-6-12-30-50(38)62-56(40)42)44(32-58)53(43)59-45-25-7-1-15-33(45)34-16-2-8-26-46(34)59/h1-30H. The molecule has 0 unspecified atom stereocenters. The maximum atomic E-state index is 12.0. The summed E-state index contributed by atoms with van der Waals surface area (Å²) in [7, 11) is 0. The van der Waals surface area contributed by atoms with Crippen molar-refractivity contribution in [1.29, 1.82) is 10.5 Å². The summed E-state index contributed by atoms with van der Waals surface area (Å²) in [4.78, 5) is 0. The lowest BCUT2D eigenvalue weighted by Crippen LogP contribution is -2.11. The van der Waals surface area contributed by atoms with Gasteiger partial charge in [0.05, 0.1) is 44.6 Å². The first-order valence-electron chi connectivity index (χ1n) is 20.6. The lowest BCUT2D eigenvalue weighted by Gasteiger charge is -2.25. The largest absolute Gasteiger partial charge is 0.455 e. The third-order valence-electron chi connectivity index (χ3n) is 12.6. The first kappa shape index (κ1) is 34.1. The lowest BCUT2D eigenvalue weighted by atomic mass is 9.85. The van der Waals surface area contributed by atoms with Crippen LogP contribution < -0.4 is 0 Å². The summed E-state index contributed by atoms with van der Waals surface area (Å²) < 4.78 is 18.1. The number of nitrogens with zero attached hydrogens (tertiary/aromatic N) is 4. The van der Waals surface area contributed by atoms with Gasteiger partial charge in [0.15, 0.2) is 0 Å². The Kier molecular flexibility index (Phi) is 7.05. The van der Waals surface area contributed by atoms with Crippen LogP contribution >= 0.6 is 0 Å². The zero-order chi connectivity index (χ0) is 41.1. The molecule has 0 bridgehead atoms. The SMILES string of the molecule is N#Cc1c(-c2cccc3c2oc2ccccc23)c(-n2c3ccccc3c3ccccc32)c(-c2cccc3c2oc2ccccc23)c(C#N)c1-n1c2ccccc2c2ccccc21. The average Bonchev–Trinajstić information content (AvgIpc) is 4.09. The lowest BCUT2D eigenvalue weighted by molar-refractivity contribution is 0.670. The number of para-hydroxylation sites is 8. The highest BCUT2D eigenvalue weighted by Gasteiger charge is 2.33. The van der Waals surface area contributed by atoms with E-state index in [0.717, 1.165) is 87.4 Å². The van der Waals surface area contributed by atoms with Crippen molar-refractivity contribution >= 4 is 87.5 Å². The van der Waals surface area contributed by atoms with E-state index in [1.165, 1.54) is 0 Å². The van der Waals surface area contributed by atoms with Crippen LogP contribution in [0.2, 0.25) is 0 Å². The molecule has 0 spiro atoms. The van der Waals surface area contributed by atoms with Crippen molar-refractivity contribution in [3.8, 4) is 45.8 Å². The molecule has 0 N–H and O–H groups in total. The van der Waals surface area contributed by atoms with Crippen LogP contribution in [0, 0.1) is 22.7 Å². The van der Waals surface area contributed by atoms with E-state index in [2.05, 4.69) is 106 Å². The van der Waals surface area contributed by atoms with Crippen molar-refractivity contribution in [2.24, 2.45) is 0 Å². The maximum absolute atomic E-state index is 12.0. The first-order valence-corrected chi connectivity index (χ1v) is 20.6. The molecule has 9 aromatic carbocycles. The number of hydrogen-bond donors (Lipinski definition) is 0. The van der Waals surface area contributed by atoms with Crippen LogP contribution in [0.3, 0.4) is 0 Å². The van der Waals surface area contributed by atoms with Crippen LogP contribution in [0.1, 0.15) is 11.1 Å². The zero-order valence-corrected chi connectivity index (χ0v) is 32.9. The molecule has 6 nitrogen and oxygen atoms in total. The minimum Gasteiger partial charge on any atom is -0.455 e. The Morgan fingerprint density at radius 3 is 1.03 bits per heavy atom. The minimum atomic E-state index is 0.346. The van der Waals surface area contributed by atoms with Crippen LogP contribution in [-0.4, -0.2) is 9.13 Å². The minimum absolute atomic E-state index is 0.346. The Labute approximate surface area is 353 Å². The van der Waals surface area contributed by atoms with Gasteiger partial charge < -0.3 is 18.0 Å². The molecule has 62 heavy (non-hydrogen) atoms. The van der Waals surface area contributed by atoms with Crippen LogP contribution in [0.25, 0.3) is 121 Å². The Hall–Kier alpha value is -8.84. The molecule has 4 aromatic heterocycles. The summed E-state index contributed by atoms with van der Waals surface area (Å²) in [6, 6.07) is 67.0. The molecule has 6 heteroatoms. The molecule has 286 valence electrons. The van der Waals surface area contributed by atoms with Gasteiger partial charge in [-0.2, -0.15) is 10.5 Å². The summed E-state index contributed by atoms with van der Waals surface area (Å²) in [5.41, 5.74) is 11.0. The molecule has 0 saturated heterocycles. The molecule has 0 saturated carbocycles. The molecular weight excluding hydrogens is 761 g/mol. The molecule has 0 fully saturated rings. The monoisotopic (exact) mass is 790 g/mol. The highest BCUT2D eigenvalue weighted by atomic mass is 16.3. The average molecular weight is 791 g/mol. The van der Waals surface area contributed by atoms with Crippen LogP contribution in [-0.2, 0) is 0 Å². The Bertz CT molecular complexity index is 3880. The zero-order valence-electron chi connectivity index (χ0n) is 32.9. The molecule has 0 radical (unpaired) electrons. The van der Waals surface area contributed by atoms with E-state index in [9.17, 15) is 10.5 Å². The molecule has 0 aliphatic carbocycles. The highest BCUT2D eigenvalue weighted by molar-refractivity contribution is 6.18. The van der Waals surface area contributed by atoms with E-state index in [1.807, 2.05) is 97.1 Å². The van der Waals surface area contributed by atoms with Crippen molar-refractivity contribution in [2.45, 2.75) is 0 Å². The molecule has 13 rings (SSSR count). The topological polar surface area (TPSA) is 83.7 Å². The summed E-state index contributed by atoms with van der Waals surface area (Å²) in [5.74, 6) is 0. The van der Waals surface area contributed by atoms with Gasteiger partial charge in [0.1, 0.15) is 34.5 Å². The predicted octanol–water partition coefficient (Wildman–Crippen LogP) is 14.8. The summed E-state index contributed by atoms with van der Waals surface area (Å²) in [6.45, 7) is 0. The van der Waals surface area contributed by atoms with Gasteiger partial charge in [-0.25, -0.2) is 0 Å². The van der Waals surface area contributed by atoms with E-state index >= 15 is 0 Å². The fourth-order valence-electron chi connectivity index (χ4n) is 10.1. The molecule has 0 aliphatic heterocycles. The second-order valence-electron chi connectivity index (χ2n) is 15.7. The quantitative estimate of drug-likeness (QED) is 0.178. The molecule has 4 heterocycles. The van der Waals surface area contributed by atoms with Gasteiger partial charge in [-0.15, -0.1) is 0 Å². The molecular formula is C56H30N4O2. The second-order valence-corrected chi connectivity index (χ2v) is 15.7. The van der Waals surface area contributed by atoms with E-state index in [-0.39, 0.29) is 0 Å². The second kappa shape index (κ2) is 12.8. The first-order chi connectivity index (χ1) is 30.7. The number of nitriles is 2. The summed E-state index contributed by atoms with van der Waals surface area (Å²) in [6.07, 6.45) is 0. The van der Waals surface area contributed by atoms with Crippen molar-refractivity contribution in [3.63, 3.8) is 0 Å². The van der Waals surface area contributed by atoms with E-state index < -0.39 is 0 Å². The van der Waals surface area contributed by atoms with Gasteiger partial charge in [0.25, 0.3) is 0 Å². The molecule has 13 aromatic rings. The van der Waals surface area contributed by atoms with Crippen LogP contribution in [0.15, 0.2) is 191 Å². The fraction of sp³-hybridized carbons (Fsp3) is 0. The van der Waals surface area contributed by atoms with Gasteiger partial charge >= 0.3 is 0 Å². The number of rotatable bonds is 4. The van der Waals surface area contributed by atoms with Crippen LogP contribution in [0.5, 0.6) is 0 Å². The third kappa shape index (κ3) is 4.50. The van der Waals surface area contributed by atoms with Gasteiger partial charge in [-0.05, 0) is 36.4 Å². The number of hydrogen-bond acceptors (Lipinski definition) is 4. The molecule has 0 amide bonds. The highest BCUT2D eigenvalue weighted by Crippen LogP contribution is 2.52. The fourth-order valence-corrected chi connectivity index (χ4v) is 10.1. The Balaban J connectivity index is 1.35. The van der Waals surface area contributed by atoms with E-state index in [0.29, 0.717) is 44.8 Å². The van der Waals surface area contributed by atoms with Gasteiger partial charge in [0.2, 0.25) is 0 Å². The number of aromatic nitrogens is 2. The van der Waals surface area contributed by atoms with Crippen molar-refractivity contribution < 1.29 is 8.83 Å². The third-order valence-corrected chi connectivity index (χ3v) is 12.6. The van der Waals surface area contributed by atoms with Crippen molar-refractivity contribution in [1.82, 2.24) is 9.13 Å². The van der Waals surface area contributed by atoms with Crippen LogP contribution in [0.4, 0.5) is 0 Å². The van der Waals surface area contributed by atoms with Crippen molar-refractivity contribution in [3.05, 3.63) is 193 Å². The normalized spacial score (nSPS) is 11.8. The summed E-state index contributed by atoms with van der Waals surface area (Å²) in [5, 5.41) is 31.9. The van der Waals surface area contributed by atoms with Gasteiger partial charge in [-0.3, -0.25) is 0 Å².